The summed E-state index contributed by atoms with van der Waals surface area (Å²) in [6.45, 7) is 1.58. The molecule has 1 fully saturated rings. The molecular formula is C23H26N4O6S. The Hall–Kier alpha value is -3.20. The molecule has 1 atom stereocenters. The summed E-state index contributed by atoms with van der Waals surface area (Å²) in [6, 6.07) is 5.19. The Balaban J connectivity index is 1.42. The van der Waals surface area contributed by atoms with Crippen LogP contribution in [0.1, 0.15) is 48.7 Å². The first-order valence-corrected chi connectivity index (χ1v) is 12.7. The van der Waals surface area contributed by atoms with E-state index in [0.29, 0.717) is 11.3 Å². The van der Waals surface area contributed by atoms with Crippen molar-refractivity contribution in [3.63, 3.8) is 0 Å². The van der Waals surface area contributed by atoms with Crippen LogP contribution in [0.2, 0.25) is 0 Å². The summed E-state index contributed by atoms with van der Waals surface area (Å²) in [5, 5.41) is 18.5. The Bertz CT molecular complexity index is 1300. The molecule has 0 spiro atoms. The van der Waals surface area contributed by atoms with Crippen LogP contribution in [0.15, 0.2) is 30.6 Å². The second kappa shape index (κ2) is 8.54. The third-order valence-corrected chi connectivity index (χ3v) is 8.83. The smallest absolute Gasteiger partial charge is 0.328 e. The van der Waals surface area contributed by atoms with Crippen molar-refractivity contribution in [2.24, 2.45) is 0 Å². The first-order valence-electron chi connectivity index (χ1n) is 10.8. The van der Waals surface area contributed by atoms with E-state index >= 15 is 0 Å². The molecule has 1 aliphatic carbocycles. The number of rotatable bonds is 7. The number of carbonyl (C=O) groups is 2. The molecule has 11 heteroatoms. The lowest BCUT2D eigenvalue weighted by Gasteiger charge is -2.27. The number of aromatic nitrogens is 2. The number of carbonyl (C=O) groups excluding carboxylic acids is 2. The van der Waals surface area contributed by atoms with Gasteiger partial charge in [-0.25, -0.2) is 18.7 Å². The third kappa shape index (κ3) is 4.20. The second-order valence-corrected chi connectivity index (χ2v) is 11.6. The van der Waals surface area contributed by atoms with Gasteiger partial charge in [-0.2, -0.15) is 0 Å². The minimum atomic E-state index is -3.84. The molecule has 2 aromatic heterocycles. The highest BCUT2D eigenvalue weighted by Crippen LogP contribution is 2.46. The van der Waals surface area contributed by atoms with Crippen molar-refractivity contribution in [1.29, 1.82) is 0 Å². The largest absolute Gasteiger partial charge is 0.395 e. The number of hydrogen-bond acceptors (Lipinski definition) is 7. The Kier molecular flexibility index (Phi) is 6.01. The van der Waals surface area contributed by atoms with E-state index in [1.54, 1.807) is 18.5 Å². The average Bonchev–Trinajstić information content (AvgIpc) is 3.43. The predicted molar refractivity (Wildman–Crippen MR) is 122 cm³/mol. The monoisotopic (exact) mass is 486 g/mol. The molecule has 0 saturated heterocycles. The summed E-state index contributed by atoms with van der Waals surface area (Å²) >= 11 is 0. The fourth-order valence-electron chi connectivity index (χ4n) is 3.97. The van der Waals surface area contributed by atoms with Crippen molar-refractivity contribution in [3.8, 4) is 11.8 Å². The molecule has 2 amide bonds. The lowest BCUT2D eigenvalue weighted by atomic mass is 10.0. The van der Waals surface area contributed by atoms with E-state index in [1.165, 1.54) is 21.9 Å². The van der Waals surface area contributed by atoms with Crippen molar-refractivity contribution in [1.82, 2.24) is 19.9 Å². The van der Waals surface area contributed by atoms with Gasteiger partial charge in [-0.15, -0.1) is 0 Å². The van der Waals surface area contributed by atoms with Crippen LogP contribution in [-0.4, -0.2) is 69.3 Å². The second-order valence-electron chi connectivity index (χ2n) is 9.11. The van der Waals surface area contributed by atoms with Gasteiger partial charge in [0.2, 0.25) is 0 Å². The first-order chi connectivity index (χ1) is 16.0. The van der Waals surface area contributed by atoms with E-state index in [-0.39, 0.29) is 37.6 Å². The fraction of sp³-hybridized carbons (Fsp3) is 0.435. The van der Waals surface area contributed by atoms with E-state index in [9.17, 15) is 23.1 Å². The summed E-state index contributed by atoms with van der Waals surface area (Å²) in [6.07, 6.45) is 5.92. The molecule has 2 aromatic rings. The van der Waals surface area contributed by atoms with Gasteiger partial charge in [0.25, 0.3) is 5.91 Å². The number of fused-ring (bicyclic) bond motifs is 1. The van der Waals surface area contributed by atoms with Crippen molar-refractivity contribution < 1.29 is 28.3 Å². The molecule has 0 aromatic carbocycles. The molecule has 2 aliphatic rings. The lowest BCUT2D eigenvalue weighted by Crippen LogP contribution is -2.50. The topological polar surface area (TPSA) is 142 Å². The molecule has 0 bridgehead atoms. The Labute approximate surface area is 197 Å². The van der Waals surface area contributed by atoms with Crippen LogP contribution in [-0.2, 0) is 26.6 Å². The molecule has 3 heterocycles. The Morgan fingerprint density at radius 1 is 1.29 bits per heavy atom. The van der Waals surface area contributed by atoms with Crippen LogP contribution in [0.4, 0.5) is 4.79 Å². The normalized spacial score (nSPS) is 18.0. The number of nitrogens with zero attached hydrogens (tertiary/aromatic N) is 3. The number of sulfone groups is 1. The molecule has 10 nitrogen and oxygen atoms in total. The zero-order chi connectivity index (χ0) is 24.7. The van der Waals surface area contributed by atoms with E-state index < -0.39 is 20.5 Å². The number of amides is 2. The Morgan fingerprint density at radius 2 is 2.00 bits per heavy atom. The molecule has 1 aliphatic heterocycles. The van der Waals surface area contributed by atoms with Crippen LogP contribution >= 0.6 is 0 Å². The van der Waals surface area contributed by atoms with Gasteiger partial charge < -0.3 is 10.0 Å². The highest BCUT2D eigenvalue weighted by Gasteiger charge is 2.45. The number of hydrogen-bond donors (Lipinski definition) is 3. The molecule has 4 rings (SSSR count). The lowest BCUT2D eigenvalue weighted by molar-refractivity contribution is -0.131. The van der Waals surface area contributed by atoms with Crippen molar-refractivity contribution in [2.45, 2.75) is 42.9 Å². The van der Waals surface area contributed by atoms with Gasteiger partial charge in [-0.1, -0.05) is 11.8 Å². The van der Waals surface area contributed by atoms with Gasteiger partial charge in [-0.3, -0.25) is 19.6 Å². The number of pyridine rings is 1. The third-order valence-electron chi connectivity index (χ3n) is 6.80. The maximum atomic E-state index is 12.8. The van der Waals surface area contributed by atoms with E-state index in [1.807, 2.05) is 12.1 Å². The van der Waals surface area contributed by atoms with Crippen molar-refractivity contribution in [2.75, 3.05) is 19.4 Å². The van der Waals surface area contributed by atoms with Gasteiger partial charge in [0.1, 0.15) is 0 Å². The van der Waals surface area contributed by atoms with E-state index in [4.69, 9.17) is 5.21 Å². The first kappa shape index (κ1) is 23.9. The highest BCUT2D eigenvalue weighted by molar-refractivity contribution is 7.92. The number of aliphatic hydroxyl groups is 1. The summed E-state index contributed by atoms with van der Waals surface area (Å²) in [5.41, 5.74) is 4.16. The quantitative estimate of drug-likeness (QED) is 0.298. The van der Waals surface area contributed by atoms with Crippen LogP contribution < -0.4 is 5.48 Å². The fourth-order valence-corrected chi connectivity index (χ4v) is 4.82. The van der Waals surface area contributed by atoms with Gasteiger partial charge >= 0.3 is 6.03 Å². The van der Waals surface area contributed by atoms with Crippen LogP contribution in [0.3, 0.4) is 0 Å². The number of hydroxylamine groups is 1. The van der Waals surface area contributed by atoms with Crippen LogP contribution in [0.25, 0.3) is 0 Å². The Morgan fingerprint density at radius 3 is 2.53 bits per heavy atom. The average molecular weight is 487 g/mol. The minimum Gasteiger partial charge on any atom is -0.395 e. The summed E-state index contributed by atoms with van der Waals surface area (Å²) in [7, 11) is -3.84. The molecule has 180 valence electrons. The molecular weight excluding hydrogens is 460 g/mol. The molecule has 3 N–H and O–H groups in total. The van der Waals surface area contributed by atoms with Gasteiger partial charge in [0.15, 0.2) is 14.6 Å². The number of nitrogens with one attached hydrogen (secondary N) is 1. The van der Waals surface area contributed by atoms with Gasteiger partial charge in [-0.05, 0) is 44.4 Å². The highest BCUT2D eigenvalue weighted by atomic mass is 32.2. The zero-order valence-corrected chi connectivity index (χ0v) is 19.7. The van der Waals surface area contributed by atoms with Crippen LogP contribution in [0, 0.1) is 11.8 Å². The predicted octanol–water partition coefficient (Wildman–Crippen LogP) is 0.789. The molecule has 1 saturated carbocycles. The molecule has 0 radical (unpaired) electrons. The SMILES string of the molecule is CC(CCN1Cc2cc(C#Cc3ccc(C4(CO)CC4)nc3)cn2C1=O)(C(=O)NO)S(C)(=O)=O. The standard InChI is InChI=1S/C23H26N4O6S/c1-22(20(29)25-31,34(2,32)33)9-10-26-14-18-11-17(13-27(18)21(26)30)4-3-16-5-6-19(24-12-16)23(15-28)7-8-23/h5-6,11-13,28,31H,7-10,14-15H2,1-2H3,(H,25,29). The maximum absolute atomic E-state index is 12.8. The molecule has 34 heavy (non-hydrogen) atoms. The van der Waals surface area contributed by atoms with Gasteiger partial charge in [0, 0.05) is 53.1 Å². The summed E-state index contributed by atoms with van der Waals surface area (Å²) in [5.74, 6) is 5.01. The van der Waals surface area contributed by atoms with Crippen molar-refractivity contribution in [3.05, 3.63) is 53.1 Å². The van der Waals surface area contributed by atoms with Gasteiger partial charge in [0.05, 0.1) is 13.2 Å². The minimum absolute atomic E-state index is 0.0197. The van der Waals surface area contributed by atoms with E-state index in [2.05, 4.69) is 16.8 Å². The van der Waals surface area contributed by atoms with Crippen molar-refractivity contribution >= 4 is 21.8 Å². The maximum Gasteiger partial charge on any atom is 0.328 e. The zero-order valence-electron chi connectivity index (χ0n) is 18.9. The molecule has 1 unspecified atom stereocenters. The van der Waals surface area contributed by atoms with E-state index in [0.717, 1.165) is 30.4 Å². The summed E-state index contributed by atoms with van der Waals surface area (Å²) in [4.78, 5) is 30.6. The number of aliphatic hydroxyl groups excluding tert-OH is 1. The summed E-state index contributed by atoms with van der Waals surface area (Å²) < 4.78 is 23.8. The van der Waals surface area contributed by atoms with Crippen LogP contribution in [0.5, 0.6) is 0 Å².